The second-order valence-corrected chi connectivity index (χ2v) is 4.54. The van der Waals surface area contributed by atoms with Gasteiger partial charge in [0.25, 0.3) is 5.56 Å². The number of nitrogens with zero attached hydrogens (tertiary/aromatic N) is 2. The first-order valence-electron chi connectivity index (χ1n) is 4.82. The van der Waals surface area contributed by atoms with Gasteiger partial charge in [-0.1, -0.05) is 22.0 Å². The van der Waals surface area contributed by atoms with Gasteiger partial charge in [-0.25, -0.2) is 4.68 Å². The third-order valence-electron chi connectivity index (χ3n) is 2.65. The number of rotatable bonds is 1. The van der Waals surface area contributed by atoms with Crippen LogP contribution in [-0.2, 0) is 7.05 Å². The van der Waals surface area contributed by atoms with Crippen molar-refractivity contribution >= 4 is 21.6 Å². The largest absolute Gasteiger partial charge is 0.393 e. The highest BCUT2D eigenvalue weighted by Gasteiger charge is 2.12. The van der Waals surface area contributed by atoms with E-state index in [2.05, 4.69) is 15.9 Å². The molecule has 84 valence electrons. The Hall–Kier alpha value is -1.49. The lowest BCUT2D eigenvalue weighted by atomic mass is 10.3. The smallest absolute Gasteiger partial charge is 0.294 e. The molecule has 0 aliphatic rings. The molecule has 0 bridgehead atoms. The fraction of sp³-hybridized carbons (Fsp3) is 0.182. The number of halogens is 1. The lowest BCUT2D eigenvalue weighted by Crippen LogP contribution is -2.20. The molecule has 1 heterocycles. The van der Waals surface area contributed by atoms with Crippen LogP contribution < -0.4 is 11.3 Å². The van der Waals surface area contributed by atoms with E-state index in [1.165, 1.54) is 0 Å². The first-order chi connectivity index (χ1) is 7.52. The maximum absolute atomic E-state index is 11.9. The molecule has 5 heteroatoms. The van der Waals surface area contributed by atoms with E-state index >= 15 is 0 Å². The predicted molar refractivity (Wildman–Crippen MR) is 67.9 cm³/mol. The van der Waals surface area contributed by atoms with Crippen LogP contribution in [0.1, 0.15) is 5.69 Å². The summed E-state index contributed by atoms with van der Waals surface area (Å²) in [6.07, 6.45) is 0. The van der Waals surface area contributed by atoms with Crippen molar-refractivity contribution in [2.24, 2.45) is 7.05 Å². The number of benzene rings is 1. The van der Waals surface area contributed by atoms with Gasteiger partial charge in [-0.2, -0.15) is 0 Å². The summed E-state index contributed by atoms with van der Waals surface area (Å²) >= 11 is 3.38. The average Bonchev–Trinajstić information content (AvgIpc) is 2.44. The Labute approximate surface area is 101 Å². The van der Waals surface area contributed by atoms with Crippen molar-refractivity contribution in [2.45, 2.75) is 6.92 Å². The molecule has 16 heavy (non-hydrogen) atoms. The minimum atomic E-state index is -0.182. The molecule has 1 aromatic carbocycles. The highest BCUT2D eigenvalue weighted by molar-refractivity contribution is 9.10. The Kier molecular flexibility index (Phi) is 2.63. The monoisotopic (exact) mass is 281 g/mol. The third kappa shape index (κ3) is 1.57. The maximum Gasteiger partial charge on any atom is 0.294 e. The van der Waals surface area contributed by atoms with Gasteiger partial charge in [0.05, 0.1) is 11.4 Å². The van der Waals surface area contributed by atoms with Gasteiger partial charge in [-0.05, 0) is 25.1 Å². The molecule has 0 fully saturated rings. The quantitative estimate of drug-likeness (QED) is 0.867. The van der Waals surface area contributed by atoms with Gasteiger partial charge in [0.1, 0.15) is 5.69 Å². The fourth-order valence-electron chi connectivity index (χ4n) is 1.63. The Bertz CT molecular complexity index is 598. The van der Waals surface area contributed by atoms with Gasteiger partial charge in [0.15, 0.2) is 0 Å². The van der Waals surface area contributed by atoms with Crippen molar-refractivity contribution in [2.75, 3.05) is 5.73 Å². The Morgan fingerprint density at radius 1 is 1.38 bits per heavy atom. The summed E-state index contributed by atoms with van der Waals surface area (Å²) in [5.74, 6) is 0. The molecule has 0 saturated carbocycles. The van der Waals surface area contributed by atoms with Gasteiger partial charge in [0, 0.05) is 11.5 Å². The third-order valence-corrected chi connectivity index (χ3v) is 3.14. The highest BCUT2D eigenvalue weighted by atomic mass is 79.9. The molecular formula is C11H12BrN3O. The molecule has 0 amide bonds. The Morgan fingerprint density at radius 3 is 2.56 bits per heavy atom. The predicted octanol–water partition coefficient (Wildman–Crippen LogP) is 1.83. The number of anilines is 1. The molecule has 1 aromatic heterocycles. The van der Waals surface area contributed by atoms with E-state index in [1.54, 1.807) is 9.36 Å². The SMILES string of the molecule is Cc1c(N)c(=O)n(-c2cccc(Br)c2)n1C. The second-order valence-electron chi connectivity index (χ2n) is 3.62. The fourth-order valence-corrected chi connectivity index (χ4v) is 2.01. The Morgan fingerprint density at radius 2 is 2.06 bits per heavy atom. The van der Waals surface area contributed by atoms with E-state index in [4.69, 9.17) is 5.73 Å². The van der Waals surface area contributed by atoms with Crippen molar-refractivity contribution in [3.05, 3.63) is 44.8 Å². The zero-order valence-corrected chi connectivity index (χ0v) is 10.7. The molecule has 0 unspecified atom stereocenters. The lowest BCUT2D eigenvalue weighted by molar-refractivity contribution is 0.630. The maximum atomic E-state index is 11.9. The van der Waals surface area contributed by atoms with E-state index < -0.39 is 0 Å². The van der Waals surface area contributed by atoms with Gasteiger partial charge in [-0.15, -0.1) is 0 Å². The molecule has 0 atom stereocenters. The zero-order valence-electron chi connectivity index (χ0n) is 9.07. The molecule has 0 spiro atoms. The molecule has 2 rings (SSSR count). The van der Waals surface area contributed by atoms with Gasteiger partial charge >= 0.3 is 0 Å². The number of nitrogens with two attached hydrogens (primary N) is 1. The minimum absolute atomic E-state index is 0.182. The van der Waals surface area contributed by atoms with Crippen molar-refractivity contribution in [3.8, 4) is 5.69 Å². The van der Waals surface area contributed by atoms with Crippen LogP contribution in [0.3, 0.4) is 0 Å². The standard InChI is InChI=1S/C11H12BrN3O/c1-7-10(13)11(16)15(14(7)2)9-5-3-4-8(12)6-9/h3-6H,13H2,1-2H3. The van der Waals surface area contributed by atoms with Gasteiger partial charge in [-0.3, -0.25) is 9.48 Å². The molecule has 2 aromatic rings. The zero-order chi connectivity index (χ0) is 11.9. The molecule has 0 radical (unpaired) electrons. The van der Waals surface area contributed by atoms with Crippen molar-refractivity contribution in [3.63, 3.8) is 0 Å². The second kappa shape index (κ2) is 3.83. The summed E-state index contributed by atoms with van der Waals surface area (Å²) in [7, 11) is 1.81. The molecular weight excluding hydrogens is 270 g/mol. The van der Waals surface area contributed by atoms with E-state index in [9.17, 15) is 4.79 Å². The summed E-state index contributed by atoms with van der Waals surface area (Å²) in [5, 5.41) is 0. The van der Waals surface area contributed by atoms with Crippen LogP contribution in [0.15, 0.2) is 33.5 Å². The van der Waals surface area contributed by atoms with Crippen molar-refractivity contribution < 1.29 is 0 Å². The average molecular weight is 282 g/mol. The first kappa shape index (κ1) is 11.0. The topological polar surface area (TPSA) is 53.0 Å². The van der Waals surface area contributed by atoms with E-state index in [0.29, 0.717) is 5.69 Å². The summed E-state index contributed by atoms with van der Waals surface area (Å²) in [4.78, 5) is 11.9. The van der Waals surface area contributed by atoms with Crippen molar-refractivity contribution in [1.29, 1.82) is 0 Å². The molecule has 0 aliphatic carbocycles. The normalized spacial score (nSPS) is 10.7. The Balaban J connectivity index is 2.75. The van der Waals surface area contributed by atoms with Gasteiger partial charge in [0.2, 0.25) is 0 Å². The van der Waals surface area contributed by atoms with Crippen LogP contribution in [0.25, 0.3) is 5.69 Å². The number of hydrogen-bond acceptors (Lipinski definition) is 2. The van der Waals surface area contributed by atoms with Crippen LogP contribution in [0.5, 0.6) is 0 Å². The van der Waals surface area contributed by atoms with E-state index in [1.807, 2.05) is 38.2 Å². The van der Waals surface area contributed by atoms with Crippen LogP contribution in [-0.4, -0.2) is 9.36 Å². The first-order valence-corrected chi connectivity index (χ1v) is 5.61. The van der Waals surface area contributed by atoms with Crippen molar-refractivity contribution in [1.82, 2.24) is 9.36 Å². The summed E-state index contributed by atoms with van der Waals surface area (Å²) < 4.78 is 4.23. The number of nitrogen functional groups attached to an aromatic ring is 1. The van der Waals surface area contributed by atoms with Crippen LogP contribution in [0.2, 0.25) is 0 Å². The molecule has 2 N–H and O–H groups in total. The summed E-state index contributed by atoms with van der Waals surface area (Å²) in [6.45, 7) is 1.82. The summed E-state index contributed by atoms with van der Waals surface area (Å²) in [5.41, 5.74) is 7.39. The van der Waals surface area contributed by atoms with Crippen LogP contribution in [0.4, 0.5) is 5.69 Å². The van der Waals surface area contributed by atoms with E-state index in [-0.39, 0.29) is 5.56 Å². The number of hydrogen-bond donors (Lipinski definition) is 1. The lowest BCUT2D eigenvalue weighted by Gasteiger charge is -2.08. The molecule has 0 saturated heterocycles. The number of aromatic nitrogens is 2. The minimum Gasteiger partial charge on any atom is -0.393 e. The highest BCUT2D eigenvalue weighted by Crippen LogP contribution is 2.16. The van der Waals surface area contributed by atoms with Gasteiger partial charge < -0.3 is 5.73 Å². The van der Waals surface area contributed by atoms with E-state index in [0.717, 1.165) is 15.9 Å². The van der Waals surface area contributed by atoms with Crippen LogP contribution >= 0.6 is 15.9 Å². The molecule has 0 aliphatic heterocycles. The summed E-state index contributed by atoms with van der Waals surface area (Å²) in [6, 6.07) is 7.53. The van der Waals surface area contributed by atoms with Crippen LogP contribution in [0, 0.1) is 6.92 Å². The molecule has 4 nitrogen and oxygen atoms in total.